The molecule has 0 spiro atoms. The third-order valence-electron chi connectivity index (χ3n) is 11.9. The molecule has 6 heteroatoms. The van der Waals surface area contributed by atoms with Gasteiger partial charge in [0.2, 0.25) is 5.91 Å². The van der Waals surface area contributed by atoms with Crippen LogP contribution in [-0.2, 0) is 4.79 Å². The van der Waals surface area contributed by atoms with Gasteiger partial charge in [-0.25, -0.2) is 0 Å². The molecule has 57 heavy (non-hydrogen) atoms. The van der Waals surface area contributed by atoms with E-state index in [0.717, 1.165) is 44.9 Å². The van der Waals surface area contributed by atoms with E-state index in [4.69, 9.17) is 0 Å². The van der Waals surface area contributed by atoms with Gasteiger partial charge in [0.25, 0.3) is 0 Å². The van der Waals surface area contributed by atoms with Gasteiger partial charge in [-0.15, -0.1) is 0 Å². The second-order valence-corrected chi connectivity index (χ2v) is 17.5. The largest absolute Gasteiger partial charge is 0.394 e. The molecule has 0 aliphatic rings. The van der Waals surface area contributed by atoms with Crippen LogP contribution in [0.1, 0.15) is 264 Å². The summed E-state index contributed by atoms with van der Waals surface area (Å²) in [5.74, 6) is -0.595. The third kappa shape index (κ3) is 40.0. The summed E-state index contributed by atoms with van der Waals surface area (Å²) >= 11 is 0. The Morgan fingerprint density at radius 2 is 0.719 bits per heavy atom. The smallest absolute Gasteiger partial charge is 0.249 e. The third-order valence-corrected chi connectivity index (χ3v) is 11.9. The van der Waals surface area contributed by atoms with Gasteiger partial charge in [-0.1, -0.05) is 224 Å². The molecule has 0 rings (SSSR count). The van der Waals surface area contributed by atoms with E-state index in [1.165, 1.54) is 193 Å². The Balaban J connectivity index is 3.72. The molecule has 4 unspecified atom stereocenters. The molecule has 0 aliphatic heterocycles. The average molecular weight is 806 g/mol. The van der Waals surface area contributed by atoms with Crippen LogP contribution in [-0.4, -0.2) is 57.3 Å². The van der Waals surface area contributed by atoms with E-state index in [1.54, 1.807) is 0 Å². The minimum atomic E-state index is -1.28. The Kier molecular flexibility index (Phi) is 44.9. The number of rotatable bonds is 46. The van der Waals surface area contributed by atoms with Crippen molar-refractivity contribution in [3.05, 3.63) is 24.3 Å². The zero-order valence-corrected chi connectivity index (χ0v) is 38.1. The molecule has 338 valence electrons. The monoisotopic (exact) mass is 806 g/mol. The molecule has 0 aromatic carbocycles. The molecule has 4 atom stereocenters. The average Bonchev–Trinajstić information content (AvgIpc) is 3.22. The number of hydrogen-bond acceptors (Lipinski definition) is 5. The number of aliphatic hydroxyl groups excluding tert-OH is 4. The van der Waals surface area contributed by atoms with Crippen LogP contribution in [0.25, 0.3) is 0 Å². The molecule has 0 heterocycles. The van der Waals surface area contributed by atoms with Crippen molar-refractivity contribution in [1.29, 1.82) is 0 Å². The van der Waals surface area contributed by atoms with Crippen molar-refractivity contribution >= 4 is 5.91 Å². The van der Waals surface area contributed by atoms with Crippen LogP contribution in [0.15, 0.2) is 24.3 Å². The first-order valence-corrected chi connectivity index (χ1v) is 25.2. The lowest BCUT2D eigenvalue weighted by atomic mass is 10.00. The quantitative estimate of drug-likeness (QED) is 0.0311. The van der Waals surface area contributed by atoms with Crippen molar-refractivity contribution in [2.45, 2.75) is 289 Å². The first-order valence-electron chi connectivity index (χ1n) is 25.2. The number of nitrogens with one attached hydrogen (secondary N) is 1. The van der Waals surface area contributed by atoms with Gasteiger partial charge < -0.3 is 25.7 Å². The summed E-state index contributed by atoms with van der Waals surface area (Å²) in [4.78, 5) is 12.5. The van der Waals surface area contributed by atoms with Crippen LogP contribution in [0.3, 0.4) is 0 Å². The van der Waals surface area contributed by atoms with Crippen LogP contribution in [0, 0.1) is 0 Å². The highest BCUT2D eigenvalue weighted by molar-refractivity contribution is 5.80. The lowest BCUT2D eigenvalue weighted by Crippen LogP contribution is -2.53. The van der Waals surface area contributed by atoms with E-state index in [-0.39, 0.29) is 0 Å². The van der Waals surface area contributed by atoms with E-state index in [9.17, 15) is 25.2 Å². The number of unbranched alkanes of at least 4 members (excludes halogenated alkanes) is 33. The summed E-state index contributed by atoms with van der Waals surface area (Å²) in [6.45, 7) is 4.06. The molecule has 5 N–H and O–H groups in total. The Morgan fingerprint density at radius 1 is 0.421 bits per heavy atom. The van der Waals surface area contributed by atoms with Crippen LogP contribution in [0.4, 0.5) is 0 Å². The van der Waals surface area contributed by atoms with E-state index in [2.05, 4.69) is 43.5 Å². The predicted molar refractivity (Wildman–Crippen MR) is 247 cm³/mol. The molecule has 1 amide bonds. The van der Waals surface area contributed by atoms with Crippen molar-refractivity contribution < 1.29 is 25.2 Å². The maximum atomic E-state index is 12.5. The van der Waals surface area contributed by atoms with Gasteiger partial charge in [0.15, 0.2) is 0 Å². The lowest BCUT2D eigenvalue weighted by molar-refractivity contribution is -0.132. The Morgan fingerprint density at radius 3 is 1.05 bits per heavy atom. The highest BCUT2D eigenvalue weighted by atomic mass is 16.3. The molecule has 0 aromatic rings. The molecule has 0 aromatic heterocycles. The maximum absolute atomic E-state index is 12.5. The molecular weight excluding hydrogens is 707 g/mol. The van der Waals surface area contributed by atoms with E-state index < -0.39 is 36.9 Å². The molecule has 0 fully saturated rings. The fraction of sp³-hybridized carbons (Fsp3) is 0.902. The number of allylic oxidation sites excluding steroid dienone is 4. The normalized spacial score (nSPS) is 14.1. The molecule has 0 saturated heterocycles. The minimum absolute atomic E-state index is 0.357. The number of aliphatic hydroxyl groups is 4. The molecule has 6 nitrogen and oxygen atoms in total. The fourth-order valence-electron chi connectivity index (χ4n) is 7.87. The highest BCUT2D eigenvalue weighted by Crippen LogP contribution is 2.16. The van der Waals surface area contributed by atoms with Crippen LogP contribution in [0.2, 0.25) is 0 Å². The van der Waals surface area contributed by atoms with E-state index >= 15 is 0 Å². The SMILES string of the molecule is CCCCCCCCCCCCC/C=C\CCCCCCCCC(O)C(=O)NC(CO)C(O)C(O)CCC/C=C/CCCCCCCCCCCCCCCCC. The van der Waals surface area contributed by atoms with Crippen molar-refractivity contribution in [3.8, 4) is 0 Å². The second-order valence-electron chi connectivity index (χ2n) is 17.5. The molecule has 0 saturated carbocycles. The Bertz CT molecular complexity index is 863. The van der Waals surface area contributed by atoms with Crippen LogP contribution in [0.5, 0.6) is 0 Å². The van der Waals surface area contributed by atoms with Crippen molar-refractivity contribution in [2.24, 2.45) is 0 Å². The topological polar surface area (TPSA) is 110 Å². The van der Waals surface area contributed by atoms with Gasteiger partial charge in [0.1, 0.15) is 12.2 Å². The highest BCUT2D eigenvalue weighted by Gasteiger charge is 2.28. The lowest BCUT2D eigenvalue weighted by Gasteiger charge is -2.27. The molecular formula is C51H99NO5. The summed E-state index contributed by atoms with van der Waals surface area (Å²) in [6.07, 6.45) is 53.7. The molecule has 0 radical (unpaired) electrons. The summed E-state index contributed by atoms with van der Waals surface area (Å²) in [7, 11) is 0. The molecule has 0 bridgehead atoms. The summed E-state index contributed by atoms with van der Waals surface area (Å²) < 4.78 is 0. The van der Waals surface area contributed by atoms with E-state index in [1.807, 2.05) is 0 Å². The van der Waals surface area contributed by atoms with Gasteiger partial charge in [0.05, 0.1) is 18.8 Å². The van der Waals surface area contributed by atoms with E-state index in [0.29, 0.717) is 12.8 Å². The fourth-order valence-corrected chi connectivity index (χ4v) is 7.87. The second kappa shape index (κ2) is 45.9. The minimum Gasteiger partial charge on any atom is -0.394 e. The van der Waals surface area contributed by atoms with Gasteiger partial charge in [-0.2, -0.15) is 0 Å². The van der Waals surface area contributed by atoms with Crippen LogP contribution >= 0.6 is 0 Å². The Labute approximate surface area is 354 Å². The number of amides is 1. The predicted octanol–water partition coefficient (Wildman–Crippen LogP) is 13.9. The standard InChI is InChI=1S/C51H99NO5/c1-3-5-7-9-11-13-15-17-19-21-23-25-27-29-31-33-35-37-39-41-43-45-49(55)51(57)52-47(46-53)50(56)48(54)44-42-40-38-36-34-32-30-28-26-24-22-20-18-16-14-12-10-8-6-4-2/h27,29,36,38,47-50,53-56H,3-26,28,30-35,37,39-46H2,1-2H3,(H,52,57)/b29-27-,38-36+. The summed E-state index contributed by atoms with van der Waals surface area (Å²) in [5, 5.41) is 43.8. The zero-order chi connectivity index (χ0) is 41.7. The van der Waals surface area contributed by atoms with Gasteiger partial charge in [0, 0.05) is 0 Å². The number of carbonyl (C=O) groups excluding carboxylic acids is 1. The number of hydrogen-bond donors (Lipinski definition) is 5. The summed E-state index contributed by atoms with van der Waals surface area (Å²) in [6, 6.07) is -1.00. The summed E-state index contributed by atoms with van der Waals surface area (Å²) in [5.41, 5.74) is 0. The van der Waals surface area contributed by atoms with Gasteiger partial charge in [-0.3, -0.25) is 4.79 Å². The first-order chi connectivity index (χ1) is 28.0. The van der Waals surface area contributed by atoms with Crippen molar-refractivity contribution in [2.75, 3.05) is 6.61 Å². The van der Waals surface area contributed by atoms with Gasteiger partial charge in [-0.05, 0) is 64.2 Å². The van der Waals surface area contributed by atoms with Crippen molar-refractivity contribution in [3.63, 3.8) is 0 Å². The van der Waals surface area contributed by atoms with Crippen LogP contribution < -0.4 is 5.32 Å². The zero-order valence-electron chi connectivity index (χ0n) is 38.1. The maximum Gasteiger partial charge on any atom is 0.249 e. The number of carbonyl (C=O) groups is 1. The van der Waals surface area contributed by atoms with Gasteiger partial charge >= 0.3 is 0 Å². The van der Waals surface area contributed by atoms with Crippen molar-refractivity contribution in [1.82, 2.24) is 5.32 Å². The molecule has 0 aliphatic carbocycles. The Hall–Kier alpha value is -1.21. The first kappa shape index (κ1) is 55.8.